The number of anilines is 1. The van der Waals surface area contributed by atoms with Crippen LogP contribution in [0.5, 0.6) is 23.0 Å². The van der Waals surface area contributed by atoms with Crippen molar-refractivity contribution in [2.24, 2.45) is 0 Å². The number of amides is 1. The zero-order valence-electron chi connectivity index (χ0n) is 15.4. The van der Waals surface area contributed by atoms with Crippen LogP contribution in [0.1, 0.15) is 25.7 Å². The second-order valence-corrected chi connectivity index (χ2v) is 8.17. The van der Waals surface area contributed by atoms with Gasteiger partial charge in [-0.2, -0.15) is 0 Å². The van der Waals surface area contributed by atoms with E-state index < -0.39 is 5.79 Å². The van der Waals surface area contributed by atoms with Crippen LogP contribution in [0.2, 0.25) is 0 Å². The third kappa shape index (κ3) is 3.46. The summed E-state index contributed by atoms with van der Waals surface area (Å²) >= 11 is 1.46. The van der Waals surface area contributed by atoms with E-state index in [1.165, 1.54) is 11.8 Å². The Kier molecular flexibility index (Phi) is 4.47. The lowest BCUT2D eigenvalue weighted by molar-refractivity contribution is -0.113. The molecular weight excluding hydrogens is 378 g/mol. The first kappa shape index (κ1) is 17.6. The van der Waals surface area contributed by atoms with Gasteiger partial charge in [0.05, 0.1) is 5.75 Å². The van der Waals surface area contributed by atoms with Crippen LogP contribution in [0.4, 0.5) is 5.69 Å². The van der Waals surface area contributed by atoms with Crippen molar-refractivity contribution in [2.45, 2.75) is 36.4 Å². The number of hydrogen-bond donors (Lipinski definition) is 1. The molecule has 0 bridgehead atoms. The quantitative estimate of drug-likeness (QED) is 0.776. The van der Waals surface area contributed by atoms with Gasteiger partial charge in [-0.3, -0.25) is 4.79 Å². The normalized spacial score (nSPS) is 18.3. The van der Waals surface area contributed by atoms with Gasteiger partial charge < -0.3 is 24.3 Å². The predicted molar refractivity (Wildman–Crippen MR) is 106 cm³/mol. The van der Waals surface area contributed by atoms with Crippen LogP contribution in [0, 0.1) is 0 Å². The predicted octanol–water partition coefficient (Wildman–Crippen LogP) is 4.23. The molecule has 2 aliphatic heterocycles. The van der Waals surface area contributed by atoms with Crippen LogP contribution in [-0.2, 0) is 4.79 Å². The van der Waals surface area contributed by atoms with E-state index in [-0.39, 0.29) is 5.91 Å². The number of nitrogens with one attached hydrogen (secondary N) is 1. The molecule has 2 aromatic rings. The molecule has 0 radical (unpaired) electrons. The number of hydrogen-bond acceptors (Lipinski definition) is 6. The molecule has 146 valence electrons. The smallest absolute Gasteiger partial charge is 0.251 e. The molecule has 7 heteroatoms. The highest BCUT2D eigenvalue weighted by Crippen LogP contribution is 2.47. The van der Waals surface area contributed by atoms with E-state index in [2.05, 4.69) is 5.32 Å². The van der Waals surface area contributed by atoms with Gasteiger partial charge >= 0.3 is 0 Å². The summed E-state index contributed by atoms with van der Waals surface area (Å²) in [6.07, 6.45) is 4.06. The highest BCUT2D eigenvalue weighted by molar-refractivity contribution is 8.00. The highest BCUT2D eigenvalue weighted by atomic mass is 32.2. The first-order valence-electron chi connectivity index (χ1n) is 9.54. The largest absolute Gasteiger partial charge is 0.486 e. The van der Waals surface area contributed by atoms with Gasteiger partial charge in [0, 0.05) is 29.5 Å². The number of benzene rings is 2. The van der Waals surface area contributed by atoms with Crippen molar-refractivity contribution in [3.05, 3.63) is 36.4 Å². The van der Waals surface area contributed by atoms with Crippen LogP contribution in [0.15, 0.2) is 41.3 Å². The third-order valence-corrected chi connectivity index (χ3v) is 6.06. The summed E-state index contributed by atoms with van der Waals surface area (Å²) in [5.41, 5.74) is 0.713. The molecule has 0 aromatic heterocycles. The summed E-state index contributed by atoms with van der Waals surface area (Å²) in [7, 11) is 0. The fourth-order valence-corrected chi connectivity index (χ4v) is 4.47. The van der Waals surface area contributed by atoms with Gasteiger partial charge in [0.2, 0.25) is 5.91 Å². The molecule has 1 amide bonds. The number of carbonyl (C=O) groups excluding carboxylic acids is 1. The Morgan fingerprint density at radius 3 is 2.54 bits per heavy atom. The van der Waals surface area contributed by atoms with Gasteiger partial charge in [-0.25, -0.2) is 0 Å². The maximum Gasteiger partial charge on any atom is 0.251 e. The molecule has 0 saturated heterocycles. The standard InChI is InChI=1S/C21H21NO5S/c23-20(13-28-15-4-6-16-18(12-15)25-10-9-24-16)22-14-3-5-17-19(11-14)27-21(26-17)7-1-2-8-21/h3-6,11-12H,1-2,7-10,13H2,(H,22,23). The maximum absolute atomic E-state index is 12.4. The summed E-state index contributed by atoms with van der Waals surface area (Å²) in [5.74, 6) is 2.68. The van der Waals surface area contributed by atoms with Gasteiger partial charge in [-0.15, -0.1) is 11.8 Å². The van der Waals surface area contributed by atoms with Crippen molar-refractivity contribution >= 4 is 23.4 Å². The number of fused-ring (bicyclic) bond motifs is 2. The Balaban J connectivity index is 1.19. The van der Waals surface area contributed by atoms with Gasteiger partial charge in [0.1, 0.15) is 13.2 Å². The van der Waals surface area contributed by atoms with Gasteiger partial charge in [0.15, 0.2) is 23.0 Å². The van der Waals surface area contributed by atoms with E-state index in [4.69, 9.17) is 18.9 Å². The third-order valence-electron chi connectivity index (χ3n) is 5.07. The monoisotopic (exact) mass is 399 g/mol. The van der Waals surface area contributed by atoms with E-state index >= 15 is 0 Å². The van der Waals surface area contributed by atoms with Crippen LogP contribution in [-0.4, -0.2) is 30.7 Å². The molecule has 0 atom stereocenters. The average molecular weight is 399 g/mol. The Hall–Kier alpha value is -2.54. The zero-order chi connectivity index (χ0) is 19.0. The minimum absolute atomic E-state index is 0.0747. The fraction of sp³-hybridized carbons (Fsp3) is 0.381. The molecular formula is C21H21NO5S. The van der Waals surface area contributed by atoms with E-state index in [0.29, 0.717) is 30.4 Å². The van der Waals surface area contributed by atoms with Crippen LogP contribution in [0.3, 0.4) is 0 Å². The number of rotatable bonds is 4. The highest BCUT2D eigenvalue weighted by Gasteiger charge is 2.44. The van der Waals surface area contributed by atoms with Crippen LogP contribution < -0.4 is 24.3 Å². The molecule has 5 rings (SSSR count). The van der Waals surface area contributed by atoms with Crippen molar-refractivity contribution in [2.75, 3.05) is 24.3 Å². The van der Waals surface area contributed by atoms with Crippen molar-refractivity contribution in [1.82, 2.24) is 0 Å². The van der Waals surface area contributed by atoms with Crippen molar-refractivity contribution in [3.8, 4) is 23.0 Å². The Morgan fingerprint density at radius 1 is 0.929 bits per heavy atom. The Morgan fingerprint density at radius 2 is 1.68 bits per heavy atom. The van der Waals surface area contributed by atoms with Gasteiger partial charge in [-0.1, -0.05) is 0 Å². The molecule has 2 aromatic carbocycles. The van der Waals surface area contributed by atoms with Gasteiger partial charge in [-0.05, 0) is 43.2 Å². The summed E-state index contributed by atoms with van der Waals surface area (Å²) in [5, 5.41) is 2.93. The second-order valence-electron chi connectivity index (χ2n) is 7.13. The van der Waals surface area contributed by atoms with E-state index in [1.807, 2.05) is 36.4 Å². The van der Waals surface area contributed by atoms with E-state index in [0.717, 1.165) is 47.8 Å². The minimum Gasteiger partial charge on any atom is -0.486 e. The first-order valence-corrected chi connectivity index (χ1v) is 10.5. The number of ether oxygens (including phenoxy) is 4. The molecule has 0 unspecified atom stereocenters. The maximum atomic E-state index is 12.4. The molecule has 1 spiro atoms. The summed E-state index contributed by atoms with van der Waals surface area (Å²) in [6, 6.07) is 11.3. The van der Waals surface area contributed by atoms with Crippen molar-refractivity contribution in [3.63, 3.8) is 0 Å². The molecule has 1 aliphatic carbocycles. The number of thioether (sulfide) groups is 1. The fourth-order valence-electron chi connectivity index (χ4n) is 3.75. The van der Waals surface area contributed by atoms with Crippen molar-refractivity contribution < 1.29 is 23.7 Å². The lowest BCUT2D eigenvalue weighted by Gasteiger charge is -2.21. The Bertz CT molecular complexity index is 910. The lowest BCUT2D eigenvalue weighted by Crippen LogP contribution is -2.34. The molecule has 28 heavy (non-hydrogen) atoms. The second kappa shape index (κ2) is 7.13. The molecule has 3 aliphatic rings. The molecule has 1 fully saturated rings. The van der Waals surface area contributed by atoms with Crippen molar-refractivity contribution in [1.29, 1.82) is 0 Å². The topological polar surface area (TPSA) is 66.0 Å². The van der Waals surface area contributed by atoms with E-state index in [1.54, 1.807) is 0 Å². The lowest BCUT2D eigenvalue weighted by atomic mass is 10.2. The molecule has 2 heterocycles. The summed E-state index contributed by atoms with van der Waals surface area (Å²) in [4.78, 5) is 13.3. The molecule has 6 nitrogen and oxygen atoms in total. The Labute approximate surface area is 167 Å². The van der Waals surface area contributed by atoms with E-state index in [9.17, 15) is 4.79 Å². The first-order chi connectivity index (χ1) is 13.7. The minimum atomic E-state index is -0.487. The van der Waals surface area contributed by atoms with Crippen LogP contribution >= 0.6 is 11.8 Å². The number of carbonyl (C=O) groups is 1. The molecule has 1 N–H and O–H groups in total. The van der Waals surface area contributed by atoms with Gasteiger partial charge in [0.25, 0.3) is 5.79 Å². The summed E-state index contributed by atoms with van der Waals surface area (Å²) < 4.78 is 23.2. The summed E-state index contributed by atoms with van der Waals surface area (Å²) in [6.45, 7) is 1.12. The zero-order valence-corrected chi connectivity index (χ0v) is 16.2. The molecule has 1 saturated carbocycles. The average Bonchev–Trinajstić information content (AvgIpc) is 3.31. The SMILES string of the molecule is O=C(CSc1ccc2c(c1)OCCO2)Nc1ccc2c(c1)OC1(CCCC1)O2. The van der Waals surface area contributed by atoms with Crippen LogP contribution in [0.25, 0.3) is 0 Å².